The highest BCUT2D eigenvalue weighted by atomic mass is 19.4. The predicted molar refractivity (Wildman–Crippen MR) is 77.9 cm³/mol. The normalized spacial score (nSPS) is 12.7. The monoisotopic (exact) mass is 341 g/mol. The smallest absolute Gasteiger partial charge is 0.434 e. The Morgan fingerprint density at radius 3 is 2.54 bits per heavy atom. The predicted octanol–water partition coefficient (Wildman–Crippen LogP) is 2.40. The van der Waals surface area contributed by atoms with Gasteiger partial charge < -0.3 is 10.4 Å². The van der Waals surface area contributed by atoms with E-state index in [4.69, 9.17) is 5.11 Å². The molecule has 0 fully saturated rings. The van der Waals surface area contributed by atoms with Crippen LogP contribution in [0.3, 0.4) is 0 Å². The van der Waals surface area contributed by atoms with Crippen molar-refractivity contribution < 1.29 is 27.9 Å². The Labute approximate surface area is 134 Å². The maximum atomic E-state index is 13.4. The summed E-state index contributed by atoms with van der Waals surface area (Å²) in [5.41, 5.74) is -1.13. The molecule has 2 aromatic rings. The van der Waals surface area contributed by atoms with E-state index in [1.54, 1.807) is 19.1 Å². The van der Waals surface area contributed by atoms with Gasteiger partial charge in [-0.05, 0) is 31.5 Å². The number of benzene rings is 1. The number of aryl methyl sites for hydroxylation is 1. The lowest BCUT2D eigenvalue weighted by atomic mass is 10.2. The zero-order valence-corrected chi connectivity index (χ0v) is 12.8. The average molecular weight is 341 g/mol. The van der Waals surface area contributed by atoms with Crippen molar-refractivity contribution in [2.24, 2.45) is 0 Å². The summed E-state index contributed by atoms with van der Waals surface area (Å²) in [6.45, 7) is 2.86. The van der Waals surface area contributed by atoms with Crippen molar-refractivity contribution in [3.05, 3.63) is 47.3 Å². The van der Waals surface area contributed by atoms with Crippen molar-refractivity contribution in [3.8, 4) is 5.69 Å². The molecule has 1 aromatic heterocycles. The molecule has 0 saturated carbocycles. The lowest BCUT2D eigenvalue weighted by Gasteiger charge is -2.14. The lowest BCUT2D eigenvalue weighted by Crippen LogP contribution is -2.39. The molecule has 2 rings (SSSR count). The largest absolute Gasteiger partial charge is 0.480 e. The molecule has 0 bridgehead atoms. The first-order chi connectivity index (χ1) is 11.1. The number of carboxylic acid groups (broad SMARTS) is 1. The number of carbonyl (C=O) groups excluding carboxylic acids is 1. The second kappa shape index (κ2) is 6.34. The van der Waals surface area contributed by atoms with E-state index in [0.29, 0.717) is 4.68 Å². The summed E-state index contributed by atoms with van der Waals surface area (Å²) < 4.78 is 40.9. The summed E-state index contributed by atoms with van der Waals surface area (Å²) in [5, 5.41) is 14.4. The van der Waals surface area contributed by atoms with Crippen LogP contribution in [-0.2, 0) is 11.0 Å². The van der Waals surface area contributed by atoms with E-state index in [0.717, 1.165) is 18.7 Å². The molecule has 1 heterocycles. The standard InChI is InChI=1S/C15H14F3N3O3/c1-8-4-3-5-10(6-8)21-12(15(16,17)18)11(7-19-21)13(22)20-9(2)14(23)24/h3-7,9H,1-2H3,(H,20,22)(H,23,24)/t9-/m1/s1. The van der Waals surface area contributed by atoms with Crippen molar-refractivity contribution in [1.29, 1.82) is 0 Å². The molecule has 0 unspecified atom stereocenters. The fraction of sp³-hybridized carbons (Fsp3) is 0.267. The van der Waals surface area contributed by atoms with Gasteiger partial charge in [0.2, 0.25) is 0 Å². The molecule has 1 atom stereocenters. The number of halogens is 3. The molecule has 128 valence electrons. The Hall–Kier alpha value is -2.84. The van der Waals surface area contributed by atoms with Crippen molar-refractivity contribution >= 4 is 11.9 Å². The fourth-order valence-electron chi connectivity index (χ4n) is 2.08. The van der Waals surface area contributed by atoms with Crippen LogP contribution in [0.5, 0.6) is 0 Å². The number of hydrogen-bond acceptors (Lipinski definition) is 3. The van der Waals surface area contributed by atoms with E-state index in [2.05, 4.69) is 5.10 Å². The second-order valence-corrected chi connectivity index (χ2v) is 5.19. The Kier molecular flexibility index (Phi) is 4.63. The van der Waals surface area contributed by atoms with Crippen molar-refractivity contribution in [3.63, 3.8) is 0 Å². The number of nitrogens with zero attached hydrogens (tertiary/aromatic N) is 2. The quantitative estimate of drug-likeness (QED) is 0.894. The molecular formula is C15H14F3N3O3. The van der Waals surface area contributed by atoms with Crippen LogP contribution >= 0.6 is 0 Å². The number of aliphatic carboxylic acids is 1. The Morgan fingerprint density at radius 2 is 2.00 bits per heavy atom. The SMILES string of the molecule is Cc1cccc(-n2ncc(C(=O)N[C@H](C)C(=O)O)c2C(F)(F)F)c1. The number of carbonyl (C=O) groups is 2. The van der Waals surface area contributed by atoms with Gasteiger partial charge in [0, 0.05) is 0 Å². The van der Waals surface area contributed by atoms with Crippen LogP contribution < -0.4 is 5.32 Å². The van der Waals surface area contributed by atoms with Crippen molar-refractivity contribution in [2.75, 3.05) is 0 Å². The molecule has 0 aliphatic rings. The molecule has 24 heavy (non-hydrogen) atoms. The molecule has 9 heteroatoms. The van der Waals surface area contributed by atoms with Crippen molar-refractivity contribution in [1.82, 2.24) is 15.1 Å². The van der Waals surface area contributed by atoms with E-state index in [9.17, 15) is 22.8 Å². The van der Waals surface area contributed by atoms with Crippen molar-refractivity contribution in [2.45, 2.75) is 26.1 Å². The molecule has 2 N–H and O–H groups in total. The molecule has 0 spiro atoms. The fourth-order valence-corrected chi connectivity index (χ4v) is 2.08. The number of nitrogens with one attached hydrogen (secondary N) is 1. The highest BCUT2D eigenvalue weighted by Crippen LogP contribution is 2.33. The Morgan fingerprint density at radius 1 is 1.33 bits per heavy atom. The van der Waals surface area contributed by atoms with Crippen LogP contribution in [0.25, 0.3) is 5.69 Å². The zero-order chi connectivity index (χ0) is 18.1. The zero-order valence-electron chi connectivity index (χ0n) is 12.8. The minimum atomic E-state index is -4.85. The van der Waals surface area contributed by atoms with Gasteiger partial charge in [-0.2, -0.15) is 18.3 Å². The summed E-state index contributed by atoms with van der Waals surface area (Å²) in [4.78, 5) is 22.8. The molecule has 0 aliphatic carbocycles. The molecule has 0 saturated heterocycles. The lowest BCUT2D eigenvalue weighted by molar-refractivity contribution is -0.143. The Balaban J connectivity index is 2.51. The maximum absolute atomic E-state index is 13.4. The van der Waals surface area contributed by atoms with Crippen LogP contribution in [0, 0.1) is 6.92 Å². The number of carboxylic acids is 1. The second-order valence-electron chi connectivity index (χ2n) is 5.19. The Bertz CT molecular complexity index is 784. The maximum Gasteiger partial charge on any atom is 0.434 e. The molecule has 1 amide bonds. The summed E-state index contributed by atoms with van der Waals surface area (Å²) in [6, 6.07) is 4.86. The van der Waals surface area contributed by atoms with E-state index in [-0.39, 0.29) is 5.69 Å². The van der Waals surface area contributed by atoms with Gasteiger partial charge in [0.15, 0.2) is 5.69 Å². The third-order valence-electron chi connectivity index (χ3n) is 3.25. The first-order valence-corrected chi connectivity index (χ1v) is 6.87. The average Bonchev–Trinajstić information content (AvgIpc) is 2.92. The van der Waals surface area contributed by atoms with E-state index in [1.165, 1.54) is 12.1 Å². The van der Waals surface area contributed by atoms with Gasteiger partial charge in [0.25, 0.3) is 5.91 Å². The van der Waals surface area contributed by atoms with E-state index >= 15 is 0 Å². The molecule has 1 aromatic carbocycles. The van der Waals surface area contributed by atoms with Crippen LogP contribution in [0.1, 0.15) is 28.5 Å². The summed E-state index contributed by atoms with van der Waals surface area (Å²) in [7, 11) is 0. The topological polar surface area (TPSA) is 84.2 Å². The van der Waals surface area contributed by atoms with Gasteiger partial charge in [-0.15, -0.1) is 0 Å². The van der Waals surface area contributed by atoms with Gasteiger partial charge in [0.1, 0.15) is 6.04 Å². The third kappa shape index (κ3) is 3.55. The van der Waals surface area contributed by atoms with Crippen LogP contribution in [0.2, 0.25) is 0 Å². The van der Waals surface area contributed by atoms with E-state index < -0.39 is 35.4 Å². The first-order valence-electron chi connectivity index (χ1n) is 6.87. The highest BCUT2D eigenvalue weighted by molar-refractivity contribution is 5.97. The number of alkyl halides is 3. The summed E-state index contributed by atoms with van der Waals surface area (Å²) >= 11 is 0. The summed E-state index contributed by atoms with van der Waals surface area (Å²) in [5.74, 6) is -2.51. The highest BCUT2D eigenvalue weighted by Gasteiger charge is 2.40. The van der Waals surface area contributed by atoms with Gasteiger partial charge in [-0.25, -0.2) is 4.68 Å². The van der Waals surface area contributed by atoms with E-state index in [1.807, 2.05) is 5.32 Å². The van der Waals surface area contributed by atoms with Gasteiger partial charge in [0.05, 0.1) is 17.4 Å². The minimum absolute atomic E-state index is 0.146. The minimum Gasteiger partial charge on any atom is -0.480 e. The van der Waals surface area contributed by atoms with Gasteiger partial charge >= 0.3 is 12.1 Å². The molecule has 0 radical (unpaired) electrons. The van der Waals surface area contributed by atoms with Gasteiger partial charge in [-0.1, -0.05) is 12.1 Å². The van der Waals surface area contributed by atoms with Crippen LogP contribution in [0.15, 0.2) is 30.5 Å². The third-order valence-corrected chi connectivity index (χ3v) is 3.25. The molecule has 6 nitrogen and oxygen atoms in total. The number of hydrogen-bond donors (Lipinski definition) is 2. The van der Waals surface area contributed by atoms with Crippen LogP contribution in [-0.4, -0.2) is 32.8 Å². The summed E-state index contributed by atoms with van der Waals surface area (Å²) in [6.07, 6.45) is -4.07. The molecule has 0 aliphatic heterocycles. The first kappa shape index (κ1) is 17.5. The number of aromatic nitrogens is 2. The van der Waals surface area contributed by atoms with Crippen LogP contribution in [0.4, 0.5) is 13.2 Å². The van der Waals surface area contributed by atoms with Gasteiger partial charge in [-0.3, -0.25) is 9.59 Å². The number of amides is 1. The molecular weight excluding hydrogens is 327 g/mol. The number of rotatable bonds is 4.